The molecule has 0 heterocycles. The molecule has 0 aliphatic rings. The van der Waals surface area contributed by atoms with Crippen LogP contribution in [-0.2, 0) is 4.74 Å². The van der Waals surface area contributed by atoms with Crippen molar-refractivity contribution in [3.63, 3.8) is 0 Å². The van der Waals surface area contributed by atoms with Gasteiger partial charge in [-0.3, -0.25) is 0 Å². The van der Waals surface area contributed by atoms with E-state index >= 15 is 0 Å². The van der Waals surface area contributed by atoms with Crippen molar-refractivity contribution in [2.24, 2.45) is 0 Å². The van der Waals surface area contributed by atoms with Crippen LogP contribution in [0, 0.1) is 0 Å². The van der Waals surface area contributed by atoms with Gasteiger partial charge < -0.3 is 4.74 Å². The number of hydrogen-bond donors (Lipinski definition) is 0. The molecule has 0 unspecified atom stereocenters. The third-order valence-corrected chi connectivity index (χ3v) is 1.44. The molecule has 1 nitrogen and oxygen atoms in total. The molecule has 0 aromatic carbocycles. The van der Waals surface area contributed by atoms with Crippen molar-refractivity contribution in [2.45, 2.75) is 32.6 Å². The van der Waals surface area contributed by atoms with Crippen molar-refractivity contribution in [1.82, 2.24) is 0 Å². The zero-order valence-corrected chi connectivity index (χ0v) is 7.80. The van der Waals surface area contributed by atoms with Gasteiger partial charge in [0, 0.05) is 0 Å². The quantitative estimate of drug-likeness (QED) is 0.365. The van der Waals surface area contributed by atoms with E-state index in [2.05, 4.69) is 19.1 Å². The van der Waals surface area contributed by atoms with E-state index in [4.69, 9.17) is 16.3 Å². The number of ether oxygens (including phenoxy) is 1. The van der Waals surface area contributed by atoms with E-state index in [1.165, 1.54) is 19.3 Å². The van der Waals surface area contributed by atoms with E-state index < -0.39 is 0 Å². The average Bonchev–Trinajstić information content (AvgIpc) is 1.87. The highest BCUT2D eigenvalue weighted by Crippen LogP contribution is 1.99. The van der Waals surface area contributed by atoms with Gasteiger partial charge in [0.05, 0.1) is 6.61 Å². The summed E-state index contributed by atoms with van der Waals surface area (Å²) in [6, 6.07) is 0. The van der Waals surface area contributed by atoms with Crippen LogP contribution in [0.25, 0.3) is 0 Å². The Morgan fingerprint density at radius 1 is 1.40 bits per heavy atom. The van der Waals surface area contributed by atoms with Gasteiger partial charge in [0.25, 0.3) is 4.51 Å². The van der Waals surface area contributed by atoms with E-state index in [-0.39, 0.29) is 4.51 Å². The molecule has 0 saturated heterocycles. The van der Waals surface area contributed by atoms with Gasteiger partial charge in [-0.2, -0.15) is 0 Å². The lowest BCUT2D eigenvalue weighted by molar-refractivity contribution is 0.307. The number of thiocarbonyl (C=S) groups is 1. The lowest BCUT2D eigenvalue weighted by Gasteiger charge is -2.00. The van der Waals surface area contributed by atoms with Crippen LogP contribution in [-0.4, -0.2) is 11.1 Å². The van der Waals surface area contributed by atoms with Crippen molar-refractivity contribution in [3.8, 4) is 0 Å². The Hall–Kier alpha value is 0.180. The topological polar surface area (TPSA) is 9.23 Å². The number of hydrogen-bond acceptors (Lipinski definition) is 2. The van der Waals surface area contributed by atoms with Crippen LogP contribution < -0.4 is 0 Å². The van der Waals surface area contributed by atoms with E-state index in [0.717, 1.165) is 6.42 Å². The molecule has 0 rings (SSSR count). The first-order valence-electron chi connectivity index (χ1n) is 3.59. The Balaban J connectivity index is 2.84. The molecular weight excluding hydrogens is 168 g/mol. The Labute approximate surface area is 72.7 Å². The van der Waals surface area contributed by atoms with Crippen LogP contribution in [0.2, 0.25) is 0 Å². The fourth-order valence-electron chi connectivity index (χ4n) is 0.681. The summed E-state index contributed by atoms with van der Waals surface area (Å²) < 4.78 is 5.02. The monoisotopic (exact) mass is 180 g/mol. The lowest BCUT2D eigenvalue weighted by Crippen LogP contribution is -1.95. The highest BCUT2D eigenvalue weighted by atomic mass is 35.5. The fourth-order valence-corrected chi connectivity index (χ4v) is 0.842. The molecule has 0 N–H and O–H groups in total. The minimum atomic E-state index is 0.136. The third-order valence-electron chi connectivity index (χ3n) is 1.21. The van der Waals surface area contributed by atoms with Gasteiger partial charge in [-0.05, 0) is 30.2 Å². The zero-order chi connectivity index (χ0) is 7.82. The molecule has 0 atom stereocenters. The summed E-state index contributed by atoms with van der Waals surface area (Å²) in [4.78, 5) is 0. The molecular formula is C7H13ClOS. The highest BCUT2D eigenvalue weighted by molar-refractivity contribution is 7.82. The molecule has 0 aliphatic carbocycles. The zero-order valence-electron chi connectivity index (χ0n) is 6.23. The van der Waals surface area contributed by atoms with Crippen molar-refractivity contribution < 1.29 is 4.74 Å². The van der Waals surface area contributed by atoms with Gasteiger partial charge in [-0.15, -0.1) is 0 Å². The summed E-state index contributed by atoms with van der Waals surface area (Å²) in [5, 5.41) is 0. The largest absolute Gasteiger partial charge is 0.475 e. The fraction of sp³-hybridized carbons (Fsp3) is 0.857. The smallest absolute Gasteiger partial charge is 0.255 e. The highest BCUT2D eigenvalue weighted by Gasteiger charge is 1.90. The first-order chi connectivity index (χ1) is 4.77. The van der Waals surface area contributed by atoms with E-state index in [0.29, 0.717) is 6.61 Å². The minimum Gasteiger partial charge on any atom is -0.475 e. The number of rotatable bonds is 5. The van der Waals surface area contributed by atoms with Gasteiger partial charge in [0.2, 0.25) is 0 Å². The van der Waals surface area contributed by atoms with E-state index in [9.17, 15) is 0 Å². The third kappa shape index (κ3) is 8.18. The Kier molecular flexibility index (Phi) is 7.42. The maximum atomic E-state index is 5.30. The summed E-state index contributed by atoms with van der Waals surface area (Å²) in [5.74, 6) is 0. The van der Waals surface area contributed by atoms with Crippen molar-refractivity contribution in [3.05, 3.63) is 0 Å². The molecule has 3 heteroatoms. The van der Waals surface area contributed by atoms with Gasteiger partial charge in [0.15, 0.2) is 0 Å². The minimum absolute atomic E-state index is 0.136. The lowest BCUT2D eigenvalue weighted by atomic mass is 10.2. The molecule has 0 aromatic rings. The summed E-state index contributed by atoms with van der Waals surface area (Å²) in [7, 11) is 0. The molecule has 0 bridgehead atoms. The van der Waals surface area contributed by atoms with Crippen LogP contribution in [0.15, 0.2) is 0 Å². The summed E-state index contributed by atoms with van der Waals surface area (Å²) in [5.41, 5.74) is 0. The number of halogens is 1. The Morgan fingerprint density at radius 3 is 2.60 bits per heavy atom. The standard InChI is InChI=1S/C7H13ClOS/c1-2-3-4-5-6-9-7(8)10/h2-6H2,1H3. The van der Waals surface area contributed by atoms with Crippen LogP contribution >= 0.6 is 23.8 Å². The molecule has 0 amide bonds. The van der Waals surface area contributed by atoms with Crippen LogP contribution in [0.4, 0.5) is 0 Å². The van der Waals surface area contributed by atoms with Crippen LogP contribution in [0.5, 0.6) is 0 Å². The Bertz CT molecular complexity index is 95.6. The van der Waals surface area contributed by atoms with Gasteiger partial charge in [-0.1, -0.05) is 26.2 Å². The van der Waals surface area contributed by atoms with Gasteiger partial charge in [0.1, 0.15) is 0 Å². The summed E-state index contributed by atoms with van der Waals surface area (Å²) in [6.45, 7) is 2.84. The van der Waals surface area contributed by atoms with Gasteiger partial charge >= 0.3 is 0 Å². The average molecular weight is 181 g/mol. The van der Waals surface area contributed by atoms with Crippen molar-refractivity contribution in [1.29, 1.82) is 0 Å². The second-order valence-electron chi connectivity index (χ2n) is 2.15. The van der Waals surface area contributed by atoms with Crippen molar-refractivity contribution >= 4 is 28.3 Å². The van der Waals surface area contributed by atoms with Gasteiger partial charge in [-0.25, -0.2) is 0 Å². The Morgan fingerprint density at radius 2 is 2.10 bits per heavy atom. The van der Waals surface area contributed by atoms with Crippen LogP contribution in [0.3, 0.4) is 0 Å². The second-order valence-corrected chi connectivity index (χ2v) is 3.08. The maximum absolute atomic E-state index is 5.30. The summed E-state index contributed by atoms with van der Waals surface area (Å²) in [6.07, 6.45) is 4.76. The first-order valence-corrected chi connectivity index (χ1v) is 4.38. The van der Waals surface area contributed by atoms with Crippen molar-refractivity contribution in [2.75, 3.05) is 6.61 Å². The normalized spacial score (nSPS) is 9.40. The maximum Gasteiger partial charge on any atom is 0.255 e. The predicted molar refractivity (Wildman–Crippen MR) is 48.5 cm³/mol. The molecule has 0 aliphatic heterocycles. The molecule has 0 aromatic heterocycles. The van der Waals surface area contributed by atoms with E-state index in [1.807, 2.05) is 0 Å². The molecule has 10 heavy (non-hydrogen) atoms. The molecule has 0 saturated carbocycles. The SMILES string of the molecule is CCCCCCOC(=S)Cl. The second kappa shape index (κ2) is 7.29. The predicted octanol–water partition coefficient (Wildman–Crippen LogP) is 3.11. The molecule has 60 valence electrons. The molecule has 0 fully saturated rings. The summed E-state index contributed by atoms with van der Waals surface area (Å²) >= 11 is 9.82. The molecule has 0 spiro atoms. The molecule has 0 radical (unpaired) electrons. The first kappa shape index (κ1) is 10.2. The van der Waals surface area contributed by atoms with E-state index in [1.54, 1.807) is 0 Å². The number of unbranched alkanes of at least 4 members (excludes halogenated alkanes) is 3. The van der Waals surface area contributed by atoms with Crippen LogP contribution in [0.1, 0.15) is 32.6 Å².